The first-order valence-electron chi connectivity index (χ1n) is 7.49. The Morgan fingerprint density at radius 1 is 1.22 bits per heavy atom. The second kappa shape index (κ2) is 6.95. The molecular weight excluding hydrogens is 296 g/mol. The average molecular weight is 314 g/mol. The Hall–Kier alpha value is -2.83. The normalized spacial score (nSPS) is 12.0. The lowest BCUT2D eigenvalue weighted by Gasteiger charge is -2.07. The number of fused-ring (bicyclic) bond motifs is 1. The van der Waals surface area contributed by atoms with E-state index >= 15 is 0 Å². The molecule has 0 radical (unpaired) electrons. The van der Waals surface area contributed by atoms with Crippen LogP contribution in [0.2, 0.25) is 0 Å². The minimum atomic E-state index is -0.207. The molecule has 2 heterocycles. The molecule has 1 aliphatic rings. The highest BCUT2D eigenvalue weighted by atomic mass is 16.7. The van der Waals surface area contributed by atoms with Crippen molar-refractivity contribution in [3.05, 3.63) is 41.9 Å². The van der Waals surface area contributed by atoms with Gasteiger partial charge in [0.1, 0.15) is 11.5 Å². The van der Waals surface area contributed by atoms with Crippen molar-refractivity contribution in [2.24, 2.45) is 0 Å². The van der Waals surface area contributed by atoms with E-state index in [4.69, 9.17) is 9.47 Å². The molecule has 23 heavy (non-hydrogen) atoms. The lowest BCUT2D eigenvalue weighted by Crippen LogP contribution is -2.25. The van der Waals surface area contributed by atoms with Gasteiger partial charge < -0.3 is 20.1 Å². The van der Waals surface area contributed by atoms with Crippen molar-refractivity contribution in [2.75, 3.05) is 18.7 Å². The second-order valence-corrected chi connectivity index (χ2v) is 5.08. The van der Waals surface area contributed by atoms with E-state index in [0.717, 1.165) is 23.5 Å². The Kier molecular flexibility index (Phi) is 4.56. The van der Waals surface area contributed by atoms with Gasteiger partial charge in [0.25, 0.3) is 5.91 Å². The lowest BCUT2D eigenvalue weighted by molar-refractivity contribution is 0.0948. The molecule has 0 atom stereocenters. The lowest BCUT2D eigenvalue weighted by atomic mass is 10.2. The number of nitrogens with zero attached hydrogens (tertiary/aromatic N) is 2. The quantitative estimate of drug-likeness (QED) is 0.848. The summed E-state index contributed by atoms with van der Waals surface area (Å²) in [5, 5.41) is 5.92. The summed E-state index contributed by atoms with van der Waals surface area (Å²) in [5.74, 6) is 1.91. The minimum absolute atomic E-state index is 0.207. The van der Waals surface area contributed by atoms with Crippen LogP contribution >= 0.6 is 0 Å². The molecule has 1 amide bonds. The van der Waals surface area contributed by atoms with Gasteiger partial charge in [-0.3, -0.25) is 4.79 Å². The number of carbonyl (C=O) groups is 1. The molecule has 7 nitrogen and oxygen atoms in total. The van der Waals surface area contributed by atoms with Crippen LogP contribution in [0.25, 0.3) is 0 Å². The van der Waals surface area contributed by atoms with Crippen LogP contribution in [-0.4, -0.2) is 29.2 Å². The van der Waals surface area contributed by atoms with Gasteiger partial charge in [-0.1, -0.05) is 13.0 Å². The number of amides is 1. The molecule has 1 aromatic carbocycles. The van der Waals surface area contributed by atoms with E-state index in [1.807, 2.05) is 25.1 Å². The maximum absolute atomic E-state index is 11.7. The van der Waals surface area contributed by atoms with E-state index in [1.165, 1.54) is 6.20 Å². The highest BCUT2D eigenvalue weighted by Crippen LogP contribution is 2.32. The number of benzene rings is 1. The topological polar surface area (TPSA) is 85.4 Å². The van der Waals surface area contributed by atoms with Gasteiger partial charge in [-0.15, -0.1) is 0 Å². The summed E-state index contributed by atoms with van der Waals surface area (Å²) in [7, 11) is 0. The fourth-order valence-electron chi connectivity index (χ4n) is 2.11. The minimum Gasteiger partial charge on any atom is -0.454 e. The van der Waals surface area contributed by atoms with Crippen molar-refractivity contribution in [3.63, 3.8) is 0 Å². The molecular formula is C16H18N4O3. The van der Waals surface area contributed by atoms with Crippen LogP contribution in [0.4, 0.5) is 5.82 Å². The molecule has 0 aliphatic carbocycles. The van der Waals surface area contributed by atoms with Gasteiger partial charge in [-0.05, 0) is 24.1 Å². The van der Waals surface area contributed by atoms with Crippen molar-refractivity contribution in [1.82, 2.24) is 15.3 Å². The maximum atomic E-state index is 11.7. The Labute approximate surface area is 134 Å². The third kappa shape index (κ3) is 3.68. The number of anilines is 1. The number of hydrogen-bond acceptors (Lipinski definition) is 6. The van der Waals surface area contributed by atoms with E-state index in [-0.39, 0.29) is 12.7 Å². The number of hydrogen-bond donors (Lipinski definition) is 2. The van der Waals surface area contributed by atoms with Crippen LogP contribution in [0.5, 0.6) is 11.5 Å². The molecule has 0 unspecified atom stereocenters. The molecule has 0 saturated carbocycles. The molecule has 0 spiro atoms. The monoisotopic (exact) mass is 314 g/mol. The molecule has 3 rings (SSSR count). The van der Waals surface area contributed by atoms with Crippen LogP contribution in [0, 0.1) is 0 Å². The third-order valence-corrected chi connectivity index (χ3v) is 3.33. The third-order valence-electron chi connectivity index (χ3n) is 3.33. The molecule has 0 bridgehead atoms. The molecule has 2 aromatic rings. The molecule has 0 saturated heterocycles. The molecule has 0 fully saturated rings. The van der Waals surface area contributed by atoms with Gasteiger partial charge >= 0.3 is 0 Å². The molecule has 2 N–H and O–H groups in total. The number of carbonyl (C=O) groups excluding carboxylic acids is 1. The highest BCUT2D eigenvalue weighted by molar-refractivity contribution is 5.91. The summed E-state index contributed by atoms with van der Waals surface area (Å²) in [5.41, 5.74) is 1.35. The van der Waals surface area contributed by atoms with E-state index < -0.39 is 0 Å². The predicted octanol–water partition coefficient (Wildman–Crippen LogP) is 1.96. The standard InChI is InChI=1S/C16H18N4O3/c1-2-5-17-16(21)12-8-20-15(9-18-12)19-7-11-3-4-13-14(6-11)23-10-22-13/h3-4,6,8-9H,2,5,7,10H2,1H3,(H,17,21)(H,19,20). The number of nitrogens with one attached hydrogen (secondary N) is 2. The van der Waals surface area contributed by atoms with Crippen LogP contribution < -0.4 is 20.1 Å². The van der Waals surface area contributed by atoms with E-state index in [9.17, 15) is 4.79 Å². The zero-order valence-electron chi connectivity index (χ0n) is 12.8. The van der Waals surface area contributed by atoms with Crippen LogP contribution in [0.1, 0.15) is 29.4 Å². The summed E-state index contributed by atoms with van der Waals surface area (Å²) < 4.78 is 10.6. The largest absolute Gasteiger partial charge is 0.454 e. The maximum Gasteiger partial charge on any atom is 0.271 e. The summed E-state index contributed by atoms with van der Waals surface area (Å²) in [4.78, 5) is 20.1. The van der Waals surface area contributed by atoms with Gasteiger partial charge in [0.15, 0.2) is 11.5 Å². The fourth-order valence-corrected chi connectivity index (χ4v) is 2.11. The van der Waals surface area contributed by atoms with Gasteiger partial charge in [0, 0.05) is 13.1 Å². The average Bonchev–Trinajstić information content (AvgIpc) is 3.06. The molecule has 120 valence electrons. The molecule has 1 aliphatic heterocycles. The van der Waals surface area contributed by atoms with E-state index in [0.29, 0.717) is 24.6 Å². The summed E-state index contributed by atoms with van der Waals surface area (Å²) in [6.45, 7) is 3.46. The second-order valence-electron chi connectivity index (χ2n) is 5.08. The highest BCUT2D eigenvalue weighted by Gasteiger charge is 2.13. The first-order chi connectivity index (χ1) is 11.3. The molecule has 1 aromatic heterocycles. The van der Waals surface area contributed by atoms with Crippen molar-refractivity contribution in [3.8, 4) is 11.5 Å². The van der Waals surface area contributed by atoms with E-state index in [2.05, 4.69) is 20.6 Å². The first-order valence-corrected chi connectivity index (χ1v) is 7.49. The Morgan fingerprint density at radius 2 is 2.09 bits per heavy atom. The zero-order chi connectivity index (χ0) is 16.1. The van der Waals surface area contributed by atoms with Crippen LogP contribution in [0.15, 0.2) is 30.6 Å². The number of ether oxygens (including phenoxy) is 2. The van der Waals surface area contributed by atoms with Gasteiger partial charge in [0.2, 0.25) is 6.79 Å². The fraction of sp³-hybridized carbons (Fsp3) is 0.312. The van der Waals surface area contributed by atoms with Crippen molar-refractivity contribution in [2.45, 2.75) is 19.9 Å². The van der Waals surface area contributed by atoms with Crippen LogP contribution in [-0.2, 0) is 6.54 Å². The smallest absolute Gasteiger partial charge is 0.271 e. The van der Waals surface area contributed by atoms with Crippen molar-refractivity contribution < 1.29 is 14.3 Å². The zero-order valence-corrected chi connectivity index (χ0v) is 12.8. The SMILES string of the molecule is CCCNC(=O)c1cnc(NCc2ccc3c(c2)OCO3)cn1. The van der Waals surface area contributed by atoms with Gasteiger partial charge in [-0.25, -0.2) is 9.97 Å². The molecule has 7 heteroatoms. The van der Waals surface area contributed by atoms with Gasteiger partial charge in [0.05, 0.1) is 12.4 Å². The van der Waals surface area contributed by atoms with Gasteiger partial charge in [-0.2, -0.15) is 0 Å². The predicted molar refractivity (Wildman–Crippen MR) is 84.5 cm³/mol. The Balaban J connectivity index is 1.57. The van der Waals surface area contributed by atoms with Crippen molar-refractivity contribution in [1.29, 1.82) is 0 Å². The van der Waals surface area contributed by atoms with Crippen LogP contribution in [0.3, 0.4) is 0 Å². The van der Waals surface area contributed by atoms with Crippen molar-refractivity contribution >= 4 is 11.7 Å². The Morgan fingerprint density at radius 3 is 2.87 bits per heavy atom. The van der Waals surface area contributed by atoms with E-state index in [1.54, 1.807) is 6.20 Å². The Bertz CT molecular complexity index is 688. The summed E-state index contributed by atoms with van der Waals surface area (Å²) in [6, 6.07) is 5.77. The summed E-state index contributed by atoms with van der Waals surface area (Å²) in [6.07, 6.45) is 3.90. The number of rotatable bonds is 6. The number of aromatic nitrogens is 2. The first kappa shape index (κ1) is 15.1. The summed E-state index contributed by atoms with van der Waals surface area (Å²) >= 11 is 0.